The lowest BCUT2D eigenvalue weighted by Crippen LogP contribution is -2.29. The van der Waals surface area contributed by atoms with E-state index in [9.17, 15) is 13.2 Å². The molecule has 0 aliphatic carbocycles. The first-order valence-electron chi connectivity index (χ1n) is 9.65. The van der Waals surface area contributed by atoms with Crippen LogP contribution in [0.3, 0.4) is 0 Å². The standard InChI is InChI=1S/C17H17N3O2S.C5H11NO2/c18-7-9-20-23(21,22)17-11-14(13-4-2-1-3-5-13)10-15-12-19-8-6-16(15)17;1-5(2,3)8-4(6)7/h1-6,8,10-12,20H,7,9,18H2;1-3H3,(H2,6,7). The molecule has 1 aromatic heterocycles. The number of rotatable bonds is 5. The number of amides is 1. The van der Waals surface area contributed by atoms with Crippen molar-refractivity contribution in [2.75, 3.05) is 13.1 Å². The Hall–Kier alpha value is -3.01. The molecule has 1 heterocycles. The van der Waals surface area contributed by atoms with E-state index in [-0.39, 0.29) is 18.0 Å². The van der Waals surface area contributed by atoms with E-state index in [1.165, 1.54) is 0 Å². The number of aromatic nitrogens is 1. The van der Waals surface area contributed by atoms with Gasteiger partial charge in [0.25, 0.3) is 0 Å². The van der Waals surface area contributed by atoms with E-state index < -0.39 is 21.7 Å². The summed E-state index contributed by atoms with van der Waals surface area (Å²) in [4.78, 5) is 14.4. The number of hydrogen-bond acceptors (Lipinski definition) is 6. The molecule has 1 amide bonds. The summed E-state index contributed by atoms with van der Waals surface area (Å²) in [6.07, 6.45) is 2.54. The smallest absolute Gasteiger partial charge is 0.405 e. The Morgan fingerprint density at radius 3 is 2.32 bits per heavy atom. The SMILES string of the molecule is CC(C)(C)OC(N)=O.NCCNS(=O)(=O)c1cc(-c2ccccc2)cc2cnccc12. The third kappa shape index (κ3) is 7.32. The molecule has 0 spiro atoms. The van der Waals surface area contributed by atoms with E-state index in [1.54, 1.807) is 45.3 Å². The number of nitrogens with zero attached hydrogens (tertiary/aromatic N) is 1. The van der Waals surface area contributed by atoms with Crippen LogP contribution in [0, 0.1) is 0 Å². The highest BCUT2D eigenvalue weighted by Gasteiger charge is 2.18. The van der Waals surface area contributed by atoms with Gasteiger partial charge in [0.15, 0.2) is 0 Å². The second kappa shape index (κ2) is 10.3. The van der Waals surface area contributed by atoms with Gasteiger partial charge in [0.1, 0.15) is 5.60 Å². The number of carbonyl (C=O) groups excluding carboxylic acids is 1. The third-order valence-corrected chi connectivity index (χ3v) is 5.46. The van der Waals surface area contributed by atoms with Crippen molar-refractivity contribution in [3.05, 3.63) is 60.9 Å². The van der Waals surface area contributed by atoms with Gasteiger partial charge in [-0.15, -0.1) is 0 Å². The van der Waals surface area contributed by atoms with Gasteiger partial charge in [-0.3, -0.25) is 4.98 Å². The molecule has 9 heteroatoms. The highest BCUT2D eigenvalue weighted by atomic mass is 32.2. The van der Waals surface area contributed by atoms with Crippen molar-refractivity contribution in [1.29, 1.82) is 0 Å². The molecule has 0 radical (unpaired) electrons. The van der Waals surface area contributed by atoms with E-state index in [0.29, 0.717) is 5.39 Å². The predicted molar refractivity (Wildman–Crippen MR) is 122 cm³/mol. The quantitative estimate of drug-likeness (QED) is 0.553. The largest absolute Gasteiger partial charge is 0.444 e. The minimum atomic E-state index is -3.64. The first-order valence-corrected chi connectivity index (χ1v) is 11.1. The molecular weight excluding hydrogens is 416 g/mol. The summed E-state index contributed by atoms with van der Waals surface area (Å²) in [5.74, 6) is 0. The summed E-state index contributed by atoms with van der Waals surface area (Å²) in [5.41, 5.74) is 11.5. The molecule has 0 atom stereocenters. The van der Waals surface area contributed by atoms with Gasteiger partial charge < -0.3 is 16.2 Å². The number of carbonyl (C=O) groups is 1. The number of nitrogens with one attached hydrogen (secondary N) is 1. The lowest BCUT2D eigenvalue weighted by Gasteiger charge is -2.16. The second-order valence-electron chi connectivity index (χ2n) is 7.66. The Labute approximate surface area is 182 Å². The summed E-state index contributed by atoms with van der Waals surface area (Å²) < 4.78 is 32.3. The van der Waals surface area contributed by atoms with Crippen LogP contribution in [0.15, 0.2) is 65.8 Å². The fourth-order valence-electron chi connectivity index (χ4n) is 2.77. The minimum absolute atomic E-state index is 0.199. The van der Waals surface area contributed by atoms with E-state index >= 15 is 0 Å². The van der Waals surface area contributed by atoms with Gasteiger partial charge in [-0.05, 0) is 50.1 Å². The van der Waals surface area contributed by atoms with Crippen LogP contribution < -0.4 is 16.2 Å². The molecule has 0 saturated carbocycles. The van der Waals surface area contributed by atoms with Gasteiger partial charge >= 0.3 is 6.09 Å². The van der Waals surface area contributed by atoms with Gasteiger partial charge in [-0.25, -0.2) is 17.9 Å². The summed E-state index contributed by atoms with van der Waals surface area (Å²) in [6.45, 7) is 5.73. The van der Waals surface area contributed by atoms with Gasteiger partial charge in [-0.2, -0.15) is 0 Å². The van der Waals surface area contributed by atoms with Crippen molar-refractivity contribution in [2.24, 2.45) is 11.5 Å². The molecule has 3 aromatic rings. The number of nitrogens with two attached hydrogens (primary N) is 2. The van der Waals surface area contributed by atoms with Gasteiger partial charge in [0.05, 0.1) is 4.90 Å². The van der Waals surface area contributed by atoms with Crippen molar-refractivity contribution in [3.63, 3.8) is 0 Å². The molecule has 166 valence electrons. The normalized spacial score (nSPS) is 11.5. The molecule has 0 fully saturated rings. The fraction of sp³-hybridized carbons (Fsp3) is 0.273. The summed E-state index contributed by atoms with van der Waals surface area (Å²) >= 11 is 0. The van der Waals surface area contributed by atoms with Crippen molar-refractivity contribution in [3.8, 4) is 11.1 Å². The van der Waals surface area contributed by atoms with Gasteiger partial charge in [0, 0.05) is 36.3 Å². The van der Waals surface area contributed by atoms with E-state index in [0.717, 1.165) is 16.5 Å². The Morgan fingerprint density at radius 1 is 1.10 bits per heavy atom. The topological polar surface area (TPSA) is 137 Å². The molecule has 8 nitrogen and oxygen atoms in total. The molecule has 0 aliphatic rings. The first kappa shape index (κ1) is 24.3. The van der Waals surface area contributed by atoms with E-state index in [4.69, 9.17) is 11.5 Å². The Bertz CT molecular complexity index is 1130. The van der Waals surface area contributed by atoms with E-state index in [1.807, 2.05) is 36.4 Å². The molecule has 0 saturated heterocycles. The van der Waals surface area contributed by atoms with E-state index in [2.05, 4.69) is 14.4 Å². The van der Waals surface area contributed by atoms with Gasteiger partial charge in [-0.1, -0.05) is 30.3 Å². The maximum absolute atomic E-state index is 12.6. The van der Waals surface area contributed by atoms with Crippen LogP contribution in [0.25, 0.3) is 21.9 Å². The lowest BCUT2D eigenvalue weighted by atomic mass is 10.0. The fourth-order valence-corrected chi connectivity index (χ4v) is 4.07. The molecule has 31 heavy (non-hydrogen) atoms. The maximum atomic E-state index is 12.6. The molecule has 5 N–H and O–H groups in total. The summed E-state index contributed by atoms with van der Waals surface area (Å²) in [6, 6.07) is 15.0. The number of hydrogen-bond donors (Lipinski definition) is 3. The first-order chi connectivity index (χ1) is 14.5. The van der Waals surface area contributed by atoms with Crippen LogP contribution in [0.5, 0.6) is 0 Å². The number of fused-ring (bicyclic) bond motifs is 1. The Morgan fingerprint density at radius 2 is 1.77 bits per heavy atom. The van der Waals surface area contributed by atoms with Crippen LogP contribution in [0.1, 0.15) is 20.8 Å². The third-order valence-electron chi connectivity index (χ3n) is 3.95. The molecule has 0 unspecified atom stereocenters. The lowest BCUT2D eigenvalue weighted by molar-refractivity contribution is 0.0600. The van der Waals surface area contributed by atoms with Crippen LogP contribution >= 0.6 is 0 Å². The predicted octanol–water partition coefficient (Wildman–Crippen LogP) is 3.02. The van der Waals surface area contributed by atoms with Crippen molar-refractivity contribution < 1.29 is 17.9 Å². The van der Waals surface area contributed by atoms with Crippen LogP contribution in [0.4, 0.5) is 4.79 Å². The van der Waals surface area contributed by atoms with Crippen molar-refractivity contribution in [1.82, 2.24) is 9.71 Å². The highest BCUT2D eigenvalue weighted by molar-refractivity contribution is 7.89. The number of sulfonamides is 1. The monoisotopic (exact) mass is 444 g/mol. The van der Waals surface area contributed by atoms with Crippen molar-refractivity contribution in [2.45, 2.75) is 31.3 Å². The van der Waals surface area contributed by atoms with Crippen LogP contribution in [0.2, 0.25) is 0 Å². The average Bonchev–Trinajstić information content (AvgIpc) is 2.70. The van der Waals surface area contributed by atoms with Crippen LogP contribution in [-0.2, 0) is 14.8 Å². The van der Waals surface area contributed by atoms with Crippen LogP contribution in [-0.4, -0.2) is 38.2 Å². The molecule has 3 rings (SSSR count). The minimum Gasteiger partial charge on any atom is -0.444 e. The summed E-state index contributed by atoms with van der Waals surface area (Å²) in [7, 11) is -3.64. The maximum Gasteiger partial charge on any atom is 0.405 e. The highest BCUT2D eigenvalue weighted by Crippen LogP contribution is 2.29. The number of benzene rings is 2. The zero-order chi connectivity index (χ0) is 23.1. The second-order valence-corrected chi connectivity index (χ2v) is 9.39. The number of primary amides is 1. The zero-order valence-electron chi connectivity index (χ0n) is 17.8. The summed E-state index contributed by atoms with van der Waals surface area (Å²) in [5, 5.41) is 1.42. The number of ether oxygens (including phenoxy) is 1. The van der Waals surface area contributed by atoms with Gasteiger partial charge in [0.2, 0.25) is 10.0 Å². The average molecular weight is 445 g/mol. The molecular formula is C22H28N4O4S. The number of pyridine rings is 1. The Kier molecular flexibility index (Phi) is 8.09. The molecule has 0 aliphatic heterocycles. The molecule has 2 aromatic carbocycles. The molecule has 0 bridgehead atoms. The Balaban J connectivity index is 0.000000366. The zero-order valence-corrected chi connectivity index (χ0v) is 18.6. The van der Waals surface area contributed by atoms with Crippen molar-refractivity contribution >= 4 is 26.9 Å².